The molecule has 16 heavy (non-hydrogen) atoms. The van der Waals surface area contributed by atoms with Crippen molar-refractivity contribution in [2.75, 3.05) is 0 Å². The third-order valence-corrected chi connectivity index (χ3v) is 3.23. The Morgan fingerprint density at radius 2 is 1.81 bits per heavy atom. The number of aliphatic carboxylic acids is 1. The van der Waals surface area contributed by atoms with Crippen molar-refractivity contribution in [2.24, 2.45) is 16.7 Å². The van der Waals surface area contributed by atoms with Crippen LogP contribution in [0.2, 0.25) is 0 Å². The van der Waals surface area contributed by atoms with Crippen molar-refractivity contribution in [3.63, 3.8) is 0 Å². The average Bonchev–Trinajstić information content (AvgIpc) is 2.67. The zero-order valence-corrected chi connectivity index (χ0v) is 10.6. The van der Waals surface area contributed by atoms with Crippen molar-refractivity contribution in [3.05, 3.63) is 0 Å². The topological polar surface area (TPSA) is 66.4 Å². The van der Waals surface area contributed by atoms with Crippen LogP contribution in [0, 0.1) is 16.7 Å². The van der Waals surface area contributed by atoms with Gasteiger partial charge in [-0.3, -0.25) is 4.79 Å². The molecular formula is C12H21NO3. The standard InChI is InChI=1S/C12H21NO3/c1-11(2,3)8(10(15)16)13-9(14)7-6-12(7,4)5/h7-8H,6H2,1-5H3,(H,13,14)(H,15,16)/t7?,8-/m1/s1. The Kier molecular flexibility index (Phi) is 3.05. The summed E-state index contributed by atoms with van der Waals surface area (Å²) in [6, 6.07) is -0.823. The second-order valence-corrected chi connectivity index (χ2v) is 6.39. The molecule has 0 aliphatic heterocycles. The molecule has 0 saturated heterocycles. The molecule has 0 spiro atoms. The van der Waals surface area contributed by atoms with E-state index < -0.39 is 17.4 Å². The lowest BCUT2D eigenvalue weighted by atomic mass is 9.86. The first kappa shape index (κ1) is 13.0. The fourth-order valence-corrected chi connectivity index (χ4v) is 1.81. The largest absolute Gasteiger partial charge is 0.480 e. The molecule has 1 fully saturated rings. The number of carbonyl (C=O) groups is 2. The van der Waals surface area contributed by atoms with E-state index in [1.54, 1.807) is 0 Å². The molecule has 1 amide bonds. The van der Waals surface area contributed by atoms with Gasteiger partial charge in [-0.2, -0.15) is 0 Å². The van der Waals surface area contributed by atoms with E-state index in [2.05, 4.69) is 5.32 Å². The van der Waals surface area contributed by atoms with E-state index in [0.717, 1.165) is 6.42 Å². The Morgan fingerprint density at radius 1 is 1.38 bits per heavy atom. The minimum atomic E-state index is -0.973. The Morgan fingerprint density at radius 3 is 2.06 bits per heavy atom. The number of carbonyl (C=O) groups excluding carboxylic acids is 1. The van der Waals surface area contributed by atoms with Crippen molar-refractivity contribution < 1.29 is 14.7 Å². The predicted octanol–water partition coefficient (Wildman–Crippen LogP) is 1.65. The quantitative estimate of drug-likeness (QED) is 0.770. The van der Waals surface area contributed by atoms with Crippen molar-refractivity contribution >= 4 is 11.9 Å². The van der Waals surface area contributed by atoms with Gasteiger partial charge in [0.25, 0.3) is 0 Å². The summed E-state index contributed by atoms with van der Waals surface area (Å²) in [6.45, 7) is 9.46. The fourth-order valence-electron chi connectivity index (χ4n) is 1.81. The summed E-state index contributed by atoms with van der Waals surface area (Å²) in [6.07, 6.45) is 0.843. The van der Waals surface area contributed by atoms with Crippen molar-refractivity contribution in [3.8, 4) is 0 Å². The highest BCUT2D eigenvalue weighted by molar-refractivity contribution is 5.87. The first-order valence-corrected chi connectivity index (χ1v) is 5.59. The molecule has 1 saturated carbocycles. The lowest BCUT2D eigenvalue weighted by molar-refractivity contribution is -0.145. The van der Waals surface area contributed by atoms with Crippen LogP contribution in [0.1, 0.15) is 41.0 Å². The summed E-state index contributed by atoms with van der Waals surface area (Å²) in [5.41, 5.74) is -0.439. The van der Waals surface area contributed by atoms with Crippen LogP contribution >= 0.6 is 0 Å². The number of carboxylic acids is 1. The van der Waals surface area contributed by atoms with Crippen LogP contribution in [-0.2, 0) is 9.59 Å². The Balaban J connectivity index is 2.64. The fraction of sp³-hybridized carbons (Fsp3) is 0.833. The summed E-state index contributed by atoms with van der Waals surface area (Å²) >= 11 is 0. The average molecular weight is 227 g/mol. The summed E-state index contributed by atoms with van der Waals surface area (Å²) in [5, 5.41) is 11.7. The summed E-state index contributed by atoms with van der Waals surface area (Å²) in [7, 11) is 0. The molecule has 0 radical (unpaired) electrons. The molecule has 0 bridgehead atoms. The van der Waals surface area contributed by atoms with Gasteiger partial charge in [0.2, 0.25) is 5.91 Å². The summed E-state index contributed by atoms with van der Waals surface area (Å²) in [4.78, 5) is 22.9. The zero-order valence-electron chi connectivity index (χ0n) is 10.6. The molecule has 2 atom stereocenters. The number of amides is 1. The molecule has 4 heteroatoms. The number of hydrogen-bond acceptors (Lipinski definition) is 2. The normalized spacial score (nSPS) is 24.7. The van der Waals surface area contributed by atoms with Crippen LogP contribution in [-0.4, -0.2) is 23.0 Å². The second-order valence-electron chi connectivity index (χ2n) is 6.39. The second kappa shape index (κ2) is 3.75. The monoisotopic (exact) mass is 227 g/mol. The molecule has 0 aromatic carbocycles. The molecule has 1 rings (SSSR count). The third-order valence-electron chi connectivity index (χ3n) is 3.23. The predicted molar refractivity (Wildman–Crippen MR) is 60.9 cm³/mol. The van der Waals surface area contributed by atoms with Gasteiger partial charge in [-0.1, -0.05) is 34.6 Å². The van der Waals surface area contributed by atoms with Crippen molar-refractivity contribution in [1.29, 1.82) is 0 Å². The van der Waals surface area contributed by atoms with E-state index in [1.807, 2.05) is 34.6 Å². The van der Waals surface area contributed by atoms with Gasteiger partial charge in [-0.25, -0.2) is 4.79 Å². The van der Waals surface area contributed by atoms with Gasteiger partial charge >= 0.3 is 5.97 Å². The Hall–Kier alpha value is -1.06. The van der Waals surface area contributed by atoms with E-state index >= 15 is 0 Å². The molecule has 0 heterocycles. The summed E-state index contributed by atoms with van der Waals surface area (Å²) in [5.74, 6) is -1.14. The van der Waals surface area contributed by atoms with Crippen LogP contribution in [0.4, 0.5) is 0 Å². The lowest BCUT2D eigenvalue weighted by Crippen LogP contribution is -2.49. The molecule has 4 nitrogen and oxygen atoms in total. The SMILES string of the molecule is CC1(C)CC1C(=O)N[C@H](C(=O)O)C(C)(C)C. The zero-order chi connectivity index (χ0) is 12.7. The number of nitrogens with one attached hydrogen (secondary N) is 1. The molecular weight excluding hydrogens is 206 g/mol. The first-order chi connectivity index (χ1) is 7.05. The third kappa shape index (κ3) is 2.74. The van der Waals surface area contributed by atoms with Gasteiger partial charge in [0.05, 0.1) is 0 Å². The first-order valence-electron chi connectivity index (χ1n) is 5.59. The van der Waals surface area contributed by atoms with E-state index in [-0.39, 0.29) is 17.2 Å². The Bertz CT molecular complexity index is 315. The molecule has 1 unspecified atom stereocenters. The number of carboxylic acid groups (broad SMARTS) is 1. The maximum absolute atomic E-state index is 11.8. The van der Waals surface area contributed by atoms with E-state index in [1.165, 1.54) is 0 Å². The van der Waals surface area contributed by atoms with Gasteiger partial charge in [0, 0.05) is 5.92 Å². The van der Waals surface area contributed by atoms with Gasteiger partial charge in [-0.05, 0) is 17.3 Å². The molecule has 2 N–H and O–H groups in total. The number of hydrogen-bond donors (Lipinski definition) is 2. The van der Waals surface area contributed by atoms with Gasteiger partial charge < -0.3 is 10.4 Å². The number of rotatable bonds is 3. The van der Waals surface area contributed by atoms with Crippen LogP contribution in [0.25, 0.3) is 0 Å². The van der Waals surface area contributed by atoms with Gasteiger partial charge in [0.15, 0.2) is 0 Å². The maximum atomic E-state index is 11.8. The van der Waals surface area contributed by atoms with E-state index in [0.29, 0.717) is 0 Å². The Labute approximate surface area is 96.4 Å². The minimum Gasteiger partial charge on any atom is -0.480 e. The molecule has 1 aliphatic rings. The molecule has 1 aliphatic carbocycles. The van der Waals surface area contributed by atoms with Crippen LogP contribution in [0.5, 0.6) is 0 Å². The van der Waals surface area contributed by atoms with E-state index in [9.17, 15) is 9.59 Å². The summed E-state index contributed by atoms with van der Waals surface area (Å²) < 4.78 is 0. The van der Waals surface area contributed by atoms with Crippen LogP contribution in [0.3, 0.4) is 0 Å². The molecule has 0 aromatic heterocycles. The maximum Gasteiger partial charge on any atom is 0.326 e. The van der Waals surface area contributed by atoms with Gasteiger partial charge in [-0.15, -0.1) is 0 Å². The molecule has 0 aromatic rings. The van der Waals surface area contributed by atoms with Crippen LogP contribution < -0.4 is 5.32 Å². The minimum absolute atomic E-state index is 0.0308. The van der Waals surface area contributed by atoms with E-state index in [4.69, 9.17) is 5.11 Å². The van der Waals surface area contributed by atoms with Gasteiger partial charge in [0.1, 0.15) is 6.04 Å². The highest BCUT2D eigenvalue weighted by atomic mass is 16.4. The van der Waals surface area contributed by atoms with Crippen molar-refractivity contribution in [1.82, 2.24) is 5.32 Å². The molecule has 92 valence electrons. The van der Waals surface area contributed by atoms with Crippen molar-refractivity contribution in [2.45, 2.75) is 47.1 Å². The smallest absolute Gasteiger partial charge is 0.326 e. The van der Waals surface area contributed by atoms with Crippen LogP contribution in [0.15, 0.2) is 0 Å². The highest BCUT2D eigenvalue weighted by Gasteiger charge is 2.51. The highest BCUT2D eigenvalue weighted by Crippen LogP contribution is 2.51. The lowest BCUT2D eigenvalue weighted by Gasteiger charge is -2.28.